The SMILES string of the molecule is C[C@@H](O)C(=O)N1CCC(N(Cc2cc(Cl)ccc2Cl)C2=CC(Cl)=C(C#N)CC2)C1. The van der Waals surface area contributed by atoms with Crippen molar-refractivity contribution in [1.82, 2.24) is 9.80 Å². The zero-order chi connectivity index (χ0) is 21.1. The molecule has 0 spiro atoms. The molecule has 1 aliphatic heterocycles. The van der Waals surface area contributed by atoms with Gasteiger partial charge in [0.1, 0.15) is 6.10 Å². The van der Waals surface area contributed by atoms with Crippen LogP contribution in [0, 0.1) is 11.3 Å². The molecule has 0 saturated carbocycles. The van der Waals surface area contributed by atoms with E-state index < -0.39 is 6.10 Å². The minimum absolute atomic E-state index is 0.0482. The van der Waals surface area contributed by atoms with E-state index in [1.807, 2.05) is 12.1 Å². The monoisotopic (exact) mass is 453 g/mol. The Kier molecular flexibility index (Phi) is 7.13. The molecule has 1 unspecified atom stereocenters. The number of likely N-dealkylation sites (tertiary alicyclic amines) is 1. The van der Waals surface area contributed by atoms with Gasteiger partial charge in [-0.05, 0) is 56.0 Å². The van der Waals surface area contributed by atoms with E-state index in [4.69, 9.17) is 34.8 Å². The second-order valence-electron chi connectivity index (χ2n) is 7.34. The van der Waals surface area contributed by atoms with Crippen molar-refractivity contribution < 1.29 is 9.90 Å². The standard InChI is InChI=1S/C21H22Cl3N3O2/c1-13(28)21(29)26-7-6-18(12-26)27(11-15-8-16(22)3-5-19(15)23)17-4-2-14(10-25)20(24)9-17/h3,5,8-9,13,18,28H,2,4,6-7,11-12H2,1H3/t13-,18?/m1/s1. The average molecular weight is 455 g/mol. The number of aliphatic hydroxyl groups excluding tert-OH is 1. The maximum Gasteiger partial charge on any atom is 0.251 e. The Balaban J connectivity index is 1.91. The van der Waals surface area contributed by atoms with E-state index >= 15 is 0 Å². The number of rotatable bonds is 5. The molecule has 1 amide bonds. The molecule has 1 aliphatic carbocycles. The van der Waals surface area contributed by atoms with Gasteiger partial charge < -0.3 is 14.9 Å². The van der Waals surface area contributed by atoms with Gasteiger partial charge in [0, 0.05) is 47.0 Å². The number of hydrogen-bond acceptors (Lipinski definition) is 4. The molecule has 0 radical (unpaired) electrons. The molecule has 0 bridgehead atoms. The number of carbonyl (C=O) groups excluding carboxylic acids is 1. The van der Waals surface area contributed by atoms with Crippen LogP contribution in [0.2, 0.25) is 10.0 Å². The fourth-order valence-corrected chi connectivity index (χ4v) is 4.42. The summed E-state index contributed by atoms with van der Waals surface area (Å²) < 4.78 is 0. The Morgan fingerprint density at radius 2 is 2.14 bits per heavy atom. The number of hydrogen-bond donors (Lipinski definition) is 1. The van der Waals surface area contributed by atoms with Crippen molar-refractivity contribution in [3.05, 3.63) is 56.2 Å². The van der Waals surface area contributed by atoms with E-state index in [0.29, 0.717) is 53.1 Å². The highest BCUT2D eigenvalue weighted by Crippen LogP contribution is 2.33. The molecule has 5 nitrogen and oxygen atoms in total. The minimum atomic E-state index is -1.02. The van der Waals surface area contributed by atoms with Crippen LogP contribution in [-0.4, -0.2) is 46.0 Å². The van der Waals surface area contributed by atoms with Gasteiger partial charge in [0.15, 0.2) is 0 Å². The third kappa shape index (κ3) is 5.07. The molecule has 8 heteroatoms. The van der Waals surface area contributed by atoms with Crippen LogP contribution >= 0.6 is 34.8 Å². The first kappa shape index (κ1) is 22.0. The van der Waals surface area contributed by atoms with E-state index in [0.717, 1.165) is 17.7 Å². The van der Waals surface area contributed by atoms with Crippen molar-refractivity contribution in [3.8, 4) is 6.07 Å². The van der Waals surface area contributed by atoms with Crippen LogP contribution in [0.3, 0.4) is 0 Å². The van der Waals surface area contributed by atoms with Crippen molar-refractivity contribution in [2.75, 3.05) is 13.1 Å². The first-order valence-electron chi connectivity index (χ1n) is 9.47. The van der Waals surface area contributed by atoms with Crippen molar-refractivity contribution in [2.45, 2.75) is 44.9 Å². The van der Waals surface area contributed by atoms with Gasteiger partial charge in [0.25, 0.3) is 5.91 Å². The number of carbonyl (C=O) groups is 1. The van der Waals surface area contributed by atoms with Crippen molar-refractivity contribution in [1.29, 1.82) is 5.26 Å². The van der Waals surface area contributed by atoms with Gasteiger partial charge in [-0.15, -0.1) is 0 Å². The van der Waals surface area contributed by atoms with E-state index in [1.54, 1.807) is 17.0 Å². The summed E-state index contributed by atoms with van der Waals surface area (Å²) in [7, 11) is 0. The molecular weight excluding hydrogens is 433 g/mol. The number of nitriles is 1. The number of nitrogens with zero attached hydrogens (tertiary/aromatic N) is 3. The van der Waals surface area contributed by atoms with E-state index in [9.17, 15) is 15.2 Å². The Morgan fingerprint density at radius 3 is 2.79 bits per heavy atom. The van der Waals surface area contributed by atoms with Crippen molar-refractivity contribution >= 4 is 40.7 Å². The van der Waals surface area contributed by atoms with E-state index in [2.05, 4.69) is 11.0 Å². The fourth-order valence-electron chi connectivity index (χ4n) is 3.79. The molecule has 1 aromatic rings. The zero-order valence-corrected chi connectivity index (χ0v) is 18.3. The molecular formula is C21H22Cl3N3O2. The van der Waals surface area contributed by atoms with Gasteiger partial charge >= 0.3 is 0 Å². The molecule has 2 aliphatic rings. The lowest BCUT2D eigenvalue weighted by atomic mass is 10.0. The molecule has 154 valence electrons. The predicted octanol–water partition coefficient (Wildman–Crippen LogP) is 4.47. The summed E-state index contributed by atoms with van der Waals surface area (Å²) in [6.07, 6.45) is 2.83. The summed E-state index contributed by atoms with van der Waals surface area (Å²) in [6.45, 7) is 3.08. The first-order chi connectivity index (χ1) is 13.8. The lowest BCUT2D eigenvalue weighted by molar-refractivity contribution is -0.138. The van der Waals surface area contributed by atoms with E-state index in [1.165, 1.54) is 6.92 Å². The topological polar surface area (TPSA) is 67.6 Å². The van der Waals surface area contributed by atoms with Gasteiger partial charge in [0.2, 0.25) is 0 Å². The smallest absolute Gasteiger partial charge is 0.251 e. The molecule has 1 fully saturated rings. The van der Waals surface area contributed by atoms with Crippen LogP contribution < -0.4 is 0 Å². The maximum absolute atomic E-state index is 12.2. The number of amides is 1. The summed E-state index contributed by atoms with van der Waals surface area (Å²) in [4.78, 5) is 16.1. The van der Waals surface area contributed by atoms with Crippen LogP contribution in [0.5, 0.6) is 0 Å². The van der Waals surface area contributed by atoms with Gasteiger partial charge in [-0.1, -0.05) is 34.8 Å². The normalized spacial score (nSPS) is 20.3. The third-order valence-corrected chi connectivity index (χ3v) is 6.28. The van der Waals surface area contributed by atoms with Gasteiger partial charge in [-0.2, -0.15) is 5.26 Å². The molecule has 29 heavy (non-hydrogen) atoms. The summed E-state index contributed by atoms with van der Waals surface area (Å²) in [5.74, 6) is -0.268. The number of aliphatic hydroxyl groups is 1. The Morgan fingerprint density at radius 1 is 1.38 bits per heavy atom. The highest BCUT2D eigenvalue weighted by molar-refractivity contribution is 6.33. The van der Waals surface area contributed by atoms with Gasteiger partial charge in [0.05, 0.1) is 11.1 Å². The summed E-state index contributed by atoms with van der Waals surface area (Å²) in [5, 5.41) is 20.5. The van der Waals surface area contributed by atoms with Gasteiger partial charge in [-0.3, -0.25) is 4.79 Å². The molecule has 1 heterocycles. The molecule has 1 N–H and O–H groups in total. The maximum atomic E-state index is 12.2. The summed E-state index contributed by atoms with van der Waals surface area (Å²) >= 11 is 18.9. The minimum Gasteiger partial charge on any atom is -0.384 e. The molecule has 2 atom stereocenters. The predicted molar refractivity (Wildman–Crippen MR) is 114 cm³/mol. The first-order valence-corrected chi connectivity index (χ1v) is 10.6. The zero-order valence-electron chi connectivity index (χ0n) is 16.0. The van der Waals surface area contributed by atoms with Crippen LogP contribution in [0.4, 0.5) is 0 Å². The fraction of sp³-hybridized carbons (Fsp3) is 0.429. The molecule has 1 saturated heterocycles. The third-order valence-electron chi connectivity index (χ3n) is 5.34. The lowest BCUT2D eigenvalue weighted by Crippen LogP contribution is -2.41. The second kappa shape index (κ2) is 9.40. The van der Waals surface area contributed by atoms with Crippen molar-refractivity contribution in [3.63, 3.8) is 0 Å². The van der Waals surface area contributed by atoms with Gasteiger partial charge in [-0.25, -0.2) is 0 Å². The quantitative estimate of drug-likeness (QED) is 0.713. The molecule has 0 aromatic heterocycles. The summed E-state index contributed by atoms with van der Waals surface area (Å²) in [6, 6.07) is 7.55. The highest BCUT2D eigenvalue weighted by Gasteiger charge is 2.33. The van der Waals surface area contributed by atoms with Crippen LogP contribution in [0.25, 0.3) is 0 Å². The number of allylic oxidation sites excluding steroid dienone is 4. The molecule has 3 rings (SSSR count). The van der Waals surface area contributed by atoms with E-state index in [-0.39, 0.29) is 11.9 Å². The average Bonchev–Trinajstić information content (AvgIpc) is 3.17. The Hall–Kier alpha value is -1.71. The Labute approximate surface area is 185 Å². The molecule has 1 aromatic carbocycles. The summed E-state index contributed by atoms with van der Waals surface area (Å²) in [5.41, 5.74) is 2.46. The lowest BCUT2D eigenvalue weighted by Gasteiger charge is -2.35. The van der Waals surface area contributed by atoms with Crippen LogP contribution in [0.1, 0.15) is 31.7 Å². The number of halogens is 3. The van der Waals surface area contributed by atoms with Crippen LogP contribution in [-0.2, 0) is 11.3 Å². The number of benzene rings is 1. The Bertz CT molecular complexity index is 905. The second-order valence-corrected chi connectivity index (χ2v) is 8.59. The highest BCUT2D eigenvalue weighted by atomic mass is 35.5. The largest absolute Gasteiger partial charge is 0.384 e. The van der Waals surface area contributed by atoms with Crippen LogP contribution in [0.15, 0.2) is 40.6 Å². The van der Waals surface area contributed by atoms with Crippen molar-refractivity contribution in [2.24, 2.45) is 0 Å².